The lowest BCUT2D eigenvalue weighted by Gasteiger charge is -2.00. The molecule has 1 heterocycles. The van der Waals surface area contributed by atoms with Gasteiger partial charge in [-0.05, 0) is 24.0 Å². The van der Waals surface area contributed by atoms with Gasteiger partial charge in [-0.15, -0.1) is 10.2 Å². The number of nitrogens with zero attached hydrogens (tertiary/aromatic N) is 2. The lowest BCUT2D eigenvalue weighted by Crippen LogP contribution is -1.97. The van der Waals surface area contributed by atoms with Crippen LogP contribution in [-0.4, -0.2) is 10.2 Å². The van der Waals surface area contributed by atoms with Gasteiger partial charge in [0.15, 0.2) is 0 Å². The predicted octanol–water partition coefficient (Wildman–Crippen LogP) is 2.71. The molecule has 1 aromatic heterocycles. The van der Waals surface area contributed by atoms with Crippen LogP contribution in [0.5, 0.6) is 0 Å². The molecule has 3 nitrogen and oxygen atoms in total. The van der Waals surface area contributed by atoms with Gasteiger partial charge in [0.2, 0.25) is 5.89 Å². The van der Waals surface area contributed by atoms with Crippen molar-refractivity contribution in [1.29, 1.82) is 0 Å². The van der Waals surface area contributed by atoms with Crippen molar-refractivity contribution in [3.8, 4) is 0 Å². The second-order valence-electron chi connectivity index (χ2n) is 3.77. The molecule has 1 aromatic carbocycles. The van der Waals surface area contributed by atoms with E-state index in [4.69, 9.17) is 4.42 Å². The third-order valence-corrected chi connectivity index (χ3v) is 3.14. The minimum Gasteiger partial charge on any atom is -0.415 e. The normalized spacial score (nSPS) is 15.5. The monoisotopic (exact) mass is 264 g/mol. The Kier molecular flexibility index (Phi) is 2.09. The molecular formula is C11H9BrN2O. The van der Waals surface area contributed by atoms with Crippen LogP contribution in [0.1, 0.15) is 22.9 Å². The topological polar surface area (TPSA) is 38.9 Å². The molecule has 3 rings (SSSR count). The summed E-state index contributed by atoms with van der Waals surface area (Å²) in [6, 6.07) is 8.48. The van der Waals surface area contributed by atoms with Gasteiger partial charge in [0.1, 0.15) is 0 Å². The molecular weight excluding hydrogens is 256 g/mol. The van der Waals surface area contributed by atoms with E-state index in [0.29, 0.717) is 10.7 Å². The van der Waals surface area contributed by atoms with Crippen molar-refractivity contribution in [2.45, 2.75) is 18.8 Å². The third kappa shape index (κ3) is 1.59. The summed E-state index contributed by atoms with van der Waals surface area (Å²) in [6.45, 7) is 0. The standard InChI is InChI=1S/C11H9BrN2O/c12-11-14-13-10(15-11)9-5-7-3-1-2-4-8(7)6-9/h1-4,9H,5-6H2. The summed E-state index contributed by atoms with van der Waals surface area (Å²) in [4.78, 5) is 0.466. The molecule has 0 amide bonds. The summed E-state index contributed by atoms with van der Waals surface area (Å²) in [5.74, 6) is 1.08. The molecule has 0 saturated carbocycles. The fraction of sp³-hybridized carbons (Fsp3) is 0.273. The van der Waals surface area contributed by atoms with Crippen LogP contribution in [-0.2, 0) is 12.8 Å². The van der Waals surface area contributed by atoms with Gasteiger partial charge in [-0.3, -0.25) is 0 Å². The lowest BCUT2D eigenvalue weighted by atomic mass is 10.1. The molecule has 1 aliphatic rings. The van der Waals surface area contributed by atoms with Crippen LogP contribution in [0.2, 0.25) is 0 Å². The summed E-state index contributed by atoms with van der Waals surface area (Å²) in [5.41, 5.74) is 2.80. The van der Waals surface area contributed by atoms with Crippen LogP contribution in [0.3, 0.4) is 0 Å². The predicted molar refractivity (Wildman–Crippen MR) is 58.6 cm³/mol. The van der Waals surface area contributed by atoms with E-state index in [0.717, 1.165) is 18.7 Å². The summed E-state index contributed by atoms with van der Waals surface area (Å²) in [5, 5.41) is 7.84. The number of hydrogen-bond acceptors (Lipinski definition) is 3. The molecule has 76 valence electrons. The maximum Gasteiger partial charge on any atom is 0.284 e. The molecule has 0 bridgehead atoms. The van der Waals surface area contributed by atoms with E-state index in [9.17, 15) is 0 Å². The van der Waals surface area contributed by atoms with Gasteiger partial charge in [-0.2, -0.15) is 0 Å². The smallest absolute Gasteiger partial charge is 0.284 e. The molecule has 0 atom stereocenters. The number of fused-ring (bicyclic) bond motifs is 1. The van der Waals surface area contributed by atoms with Crippen molar-refractivity contribution < 1.29 is 4.42 Å². The zero-order chi connectivity index (χ0) is 10.3. The summed E-state index contributed by atoms with van der Waals surface area (Å²) < 4.78 is 5.39. The van der Waals surface area contributed by atoms with Gasteiger partial charge in [0.25, 0.3) is 4.80 Å². The Morgan fingerprint density at radius 1 is 1.13 bits per heavy atom. The van der Waals surface area contributed by atoms with Crippen LogP contribution in [0.4, 0.5) is 0 Å². The van der Waals surface area contributed by atoms with Crippen molar-refractivity contribution in [2.24, 2.45) is 0 Å². The number of halogens is 1. The number of rotatable bonds is 1. The second kappa shape index (κ2) is 3.45. The number of aromatic nitrogens is 2. The van der Waals surface area contributed by atoms with E-state index in [1.807, 2.05) is 0 Å². The first-order chi connectivity index (χ1) is 7.33. The maximum atomic E-state index is 5.39. The summed E-state index contributed by atoms with van der Waals surface area (Å²) in [7, 11) is 0. The van der Waals surface area contributed by atoms with Crippen LogP contribution in [0, 0.1) is 0 Å². The first-order valence-corrected chi connectivity index (χ1v) is 5.68. The molecule has 15 heavy (non-hydrogen) atoms. The molecule has 0 spiro atoms. The average Bonchev–Trinajstić information content (AvgIpc) is 2.82. The quantitative estimate of drug-likeness (QED) is 0.795. The molecule has 0 aliphatic heterocycles. The van der Waals surface area contributed by atoms with Crippen LogP contribution >= 0.6 is 15.9 Å². The van der Waals surface area contributed by atoms with E-state index in [1.54, 1.807) is 0 Å². The van der Waals surface area contributed by atoms with E-state index < -0.39 is 0 Å². The zero-order valence-corrected chi connectivity index (χ0v) is 9.57. The lowest BCUT2D eigenvalue weighted by molar-refractivity contribution is 0.435. The molecule has 2 aromatic rings. The first-order valence-electron chi connectivity index (χ1n) is 4.88. The Morgan fingerprint density at radius 2 is 1.80 bits per heavy atom. The van der Waals surface area contributed by atoms with Crippen molar-refractivity contribution >= 4 is 15.9 Å². The van der Waals surface area contributed by atoms with Gasteiger partial charge < -0.3 is 4.42 Å². The van der Waals surface area contributed by atoms with Crippen LogP contribution in [0.25, 0.3) is 0 Å². The Bertz CT molecular complexity index is 470. The molecule has 4 heteroatoms. The second-order valence-corrected chi connectivity index (χ2v) is 4.45. The number of hydrogen-bond donors (Lipinski definition) is 0. The fourth-order valence-electron chi connectivity index (χ4n) is 2.11. The van der Waals surface area contributed by atoms with E-state index >= 15 is 0 Å². The van der Waals surface area contributed by atoms with Crippen molar-refractivity contribution in [2.75, 3.05) is 0 Å². The zero-order valence-electron chi connectivity index (χ0n) is 7.98. The molecule has 0 radical (unpaired) electrons. The average molecular weight is 265 g/mol. The van der Waals surface area contributed by atoms with Crippen LogP contribution in [0.15, 0.2) is 33.5 Å². The molecule has 1 aliphatic carbocycles. The SMILES string of the molecule is Brc1nnc(C2Cc3ccccc3C2)o1. The van der Waals surface area contributed by atoms with E-state index in [1.165, 1.54) is 11.1 Å². The van der Waals surface area contributed by atoms with Gasteiger partial charge in [0.05, 0.1) is 0 Å². The molecule has 0 unspecified atom stereocenters. The Hall–Kier alpha value is -1.16. The molecule has 0 N–H and O–H groups in total. The third-order valence-electron chi connectivity index (χ3n) is 2.82. The Morgan fingerprint density at radius 3 is 2.33 bits per heavy atom. The molecule has 0 saturated heterocycles. The largest absolute Gasteiger partial charge is 0.415 e. The Labute approximate surface area is 95.6 Å². The van der Waals surface area contributed by atoms with Crippen molar-refractivity contribution in [3.63, 3.8) is 0 Å². The van der Waals surface area contributed by atoms with E-state index in [2.05, 4.69) is 50.4 Å². The molecule has 0 fully saturated rings. The first kappa shape index (κ1) is 9.09. The van der Waals surface area contributed by atoms with Gasteiger partial charge in [-0.1, -0.05) is 24.3 Å². The number of benzene rings is 1. The highest BCUT2D eigenvalue weighted by Gasteiger charge is 2.26. The summed E-state index contributed by atoms with van der Waals surface area (Å²) in [6.07, 6.45) is 2.01. The highest BCUT2D eigenvalue weighted by atomic mass is 79.9. The Balaban J connectivity index is 1.90. The van der Waals surface area contributed by atoms with Gasteiger partial charge in [0, 0.05) is 21.8 Å². The highest BCUT2D eigenvalue weighted by molar-refractivity contribution is 9.10. The van der Waals surface area contributed by atoms with Gasteiger partial charge in [-0.25, -0.2) is 0 Å². The van der Waals surface area contributed by atoms with Gasteiger partial charge >= 0.3 is 0 Å². The van der Waals surface area contributed by atoms with Crippen LogP contribution < -0.4 is 0 Å². The fourth-order valence-corrected chi connectivity index (χ4v) is 2.36. The van der Waals surface area contributed by atoms with E-state index in [-0.39, 0.29) is 0 Å². The minimum absolute atomic E-state index is 0.348. The van der Waals surface area contributed by atoms with Crippen molar-refractivity contribution in [3.05, 3.63) is 46.1 Å². The highest BCUT2D eigenvalue weighted by Crippen LogP contribution is 2.33. The minimum atomic E-state index is 0.348. The maximum absolute atomic E-state index is 5.39. The van der Waals surface area contributed by atoms with Crippen molar-refractivity contribution in [1.82, 2.24) is 10.2 Å². The summed E-state index contributed by atoms with van der Waals surface area (Å²) >= 11 is 3.17.